The van der Waals surface area contributed by atoms with Crippen molar-refractivity contribution in [2.45, 2.75) is 44.1 Å². The minimum Gasteiger partial charge on any atom is -0.483 e. The van der Waals surface area contributed by atoms with Crippen LogP contribution in [-0.2, 0) is 21.4 Å². The van der Waals surface area contributed by atoms with E-state index >= 15 is 0 Å². The summed E-state index contributed by atoms with van der Waals surface area (Å²) in [6, 6.07) is 10.1. The number of carbonyl (C=O) groups excluding carboxylic acids is 1. The molecule has 6 heteroatoms. The Labute approximate surface area is 170 Å². The molecule has 0 radical (unpaired) electrons. The molecule has 0 saturated carbocycles. The van der Waals surface area contributed by atoms with Crippen LogP contribution in [0.3, 0.4) is 0 Å². The number of nitrogens with one attached hydrogen (secondary N) is 1. The Morgan fingerprint density at radius 1 is 1.21 bits per heavy atom. The van der Waals surface area contributed by atoms with Gasteiger partial charge in [-0.1, -0.05) is 18.2 Å². The van der Waals surface area contributed by atoms with Gasteiger partial charge in [-0.3, -0.25) is 4.79 Å². The molecule has 1 N–H and O–H groups in total. The third-order valence-electron chi connectivity index (χ3n) is 5.53. The molecule has 2 aliphatic rings. The molecule has 4 rings (SSSR count). The normalized spacial score (nSPS) is 19.5. The van der Waals surface area contributed by atoms with Crippen LogP contribution in [-0.4, -0.2) is 37.9 Å². The van der Waals surface area contributed by atoms with Gasteiger partial charge in [0.1, 0.15) is 5.60 Å². The van der Waals surface area contributed by atoms with Crippen LogP contribution in [0.15, 0.2) is 35.7 Å². The second-order valence-electron chi connectivity index (χ2n) is 8.22. The van der Waals surface area contributed by atoms with E-state index in [9.17, 15) is 4.79 Å². The van der Waals surface area contributed by atoms with Crippen molar-refractivity contribution in [3.63, 3.8) is 0 Å². The van der Waals surface area contributed by atoms with E-state index in [-0.39, 0.29) is 23.5 Å². The second-order valence-corrected chi connectivity index (χ2v) is 9.17. The average molecular weight is 402 g/mol. The fourth-order valence-corrected chi connectivity index (χ4v) is 5.00. The molecule has 5 nitrogen and oxygen atoms in total. The SMILES string of the molecule is CC1(C)Cc2cccc(OCC(=O)NCC3(c4cccs4)CCOCC3)c2O1. The highest BCUT2D eigenvalue weighted by Gasteiger charge is 2.36. The Balaban J connectivity index is 1.36. The first kappa shape index (κ1) is 19.3. The highest BCUT2D eigenvalue weighted by Crippen LogP contribution is 2.41. The van der Waals surface area contributed by atoms with Crippen molar-refractivity contribution < 1.29 is 19.0 Å². The highest BCUT2D eigenvalue weighted by molar-refractivity contribution is 7.10. The van der Waals surface area contributed by atoms with Crippen LogP contribution in [0, 0.1) is 0 Å². The number of benzene rings is 1. The first-order chi connectivity index (χ1) is 13.5. The number of amides is 1. The Kier molecular flexibility index (Phi) is 5.34. The predicted octanol–water partition coefficient (Wildman–Crippen LogP) is 3.71. The van der Waals surface area contributed by atoms with Gasteiger partial charge in [-0.25, -0.2) is 0 Å². The average Bonchev–Trinajstić information content (AvgIpc) is 3.32. The zero-order valence-corrected chi connectivity index (χ0v) is 17.3. The molecular formula is C22H27NO4S. The van der Waals surface area contributed by atoms with Crippen LogP contribution in [0.2, 0.25) is 0 Å². The lowest BCUT2D eigenvalue weighted by atomic mass is 9.78. The Hall–Kier alpha value is -2.05. The van der Waals surface area contributed by atoms with Crippen molar-refractivity contribution >= 4 is 17.2 Å². The molecule has 0 bridgehead atoms. The summed E-state index contributed by atoms with van der Waals surface area (Å²) in [6.45, 7) is 6.16. The van der Waals surface area contributed by atoms with E-state index in [1.807, 2.05) is 18.2 Å². The molecule has 1 saturated heterocycles. The van der Waals surface area contributed by atoms with Crippen molar-refractivity contribution in [2.75, 3.05) is 26.4 Å². The zero-order chi connectivity index (χ0) is 19.6. The summed E-state index contributed by atoms with van der Waals surface area (Å²) >= 11 is 1.75. The van der Waals surface area contributed by atoms with E-state index < -0.39 is 0 Å². The van der Waals surface area contributed by atoms with Gasteiger partial charge < -0.3 is 19.5 Å². The van der Waals surface area contributed by atoms with Gasteiger partial charge in [-0.15, -0.1) is 11.3 Å². The Bertz CT molecular complexity index is 825. The van der Waals surface area contributed by atoms with E-state index in [1.165, 1.54) is 4.88 Å². The van der Waals surface area contributed by atoms with Gasteiger partial charge in [-0.2, -0.15) is 0 Å². The van der Waals surface area contributed by atoms with Crippen molar-refractivity contribution in [2.24, 2.45) is 0 Å². The molecule has 1 aromatic carbocycles. The first-order valence-corrected chi connectivity index (χ1v) is 10.7. The monoisotopic (exact) mass is 401 g/mol. The molecule has 0 atom stereocenters. The molecule has 2 aliphatic heterocycles. The number of hydrogen-bond donors (Lipinski definition) is 1. The van der Waals surface area contributed by atoms with Gasteiger partial charge in [0.25, 0.3) is 5.91 Å². The number of para-hydroxylation sites is 1. The summed E-state index contributed by atoms with van der Waals surface area (Å²) in [6.07, 6.45) is 2.69. The van der Waals surface area contributed by atoms with Crippen LogP contribution in [0.1, 0.15) is 37.1 Å². The minimum absolute atomic E-state index is 0.0166. The van der Waals surface area contributed by atoms with Gasteiger partial charge in [0, 0.05) is 42.0 Å². The molecule has 3 heterocycles. The smallest absolute Gasteiger partial charge is 0.257 e. The minimum atomic E-state index is -0.236. The van der Waals surface area contributed by atoms with E-state index in [4.69, 9.17) is 14.2 Å². The van der Waals surface area contributed by atoms with Gasteiger partial charge >= 0.3 is 0 Å². The molecule has 0 spiro atoms. The van der Waals surface area contributed by atoms with Crippen molar-refractivity contribution in [3.05, 3.63) is 46.2 Å². The van der Waals surface area contributed by atoms with Crippen molar-refractivity contribution in [3.8, 4) is 11.5 Å². The lowest BCUT2D eigenvalue weighted by molar-refractivity contribution is -0.123. The van der Waals surface area contributed by atoms with E-state index in [0.717, 1.165) is 43.8 Å². The number of carbonyl (C=O) groups is 1. The molecule has 1 aromatic heterocycles. The van der Waals surface area contributed by atoms with E-state index in [2.05, 4.69) is 36.7 Å². The maximum absolute atomic E-state index is 12.5. The van der Waals surface area contributed by atoms with Gasteiger partial charge in [0.05, 0.1) is 0 Å². The van der Waals surface area contributed by atoms with Crippen LogP contribution in [0.5, 0.6) is 11.5 Å². The van der Waals surface area contributed by atoms with E-state index in [0.29, 0.717) is 12.3 Å². The maximum atomic E-state index is 12.5. The standard InChI is InChI=1S/C22H27NO4S/c1-21(2)13-16-5-3-6-17(20(16)27-21)26-14-19(24)23-15-22(8-10-25-11-9-22)18-7-4-12-28-18/h3-7,12H,8-11,13-15H2,1-2H3,(H,23,24). The summed E-state index contributed by atoms with van der Waals surface area (Å²) in [5.74, 6) is 1.29. The predicted molar refractivity (Wildman–Crippen MR) is 109 cm³/mol. The summed E-state index contributed by atoms with van der Waals surface area (Å²) < 4.78 is 17.4. The van der Waals surface area contributed by atoms with Crippen LogP contribution in [0.4, 0.5) is 0 Å². The summed E-state index contributed by atoms with van der Waals surface area (Å²) in [4.78, 5) is 13.8. The Morgan fingerprint density at radius 3 is 2.79 bits per heavy atom. The number of fused-ring (bicyclic) bond motifs is 1. The summed E-state index contributed by atoms with van der Waals surface area (Å²) in [7, 11) is 0. The maximum Gasteiger partial charge on any atom is 0.257 e. The number of ether oxygens (including phenoxy) is 3. The van der Waals surface area contributed by atoms with Crippen molar-refractivity contribution in [1.82, 2.24) is 5.32 Å². The van der Waals surface area contributed by atoms with Crippen LogP contribution >= 0.6 is 11.3 Å². The van der Waals surface area contributed by atoms with Gasteiger partial charge in [0.2, 0.25) is 0 Å². The zero-order valence-electron chi connectivity index (χ0n) is 16.5. The van der Waals surface area contributed by atoms with E-state index in [1.54, 1.807) is 11.3 Å². The molecular weight excluding hydrogens is 374 g/mol. The molecule has 0 unspecified atom stereocenters. The lowest BCUT2D eigenvalue weighted by Gasteiger charge is -2.36. The molecule has 150 valence electrons. The van der Waals surface area contributed by atoms with Crippen molar-refractivity contribution in [1.29, 1.82) is 0 Å². The fourth-order valence-electron chi connectivity index (χ4n) is 4.02. The summed E-state index contributed by atoms with van der Waals surface area (Å²) in [5, 5.41) is 5.17. The molecule has 2 aromatic rings. The lowest BCUT2D eigenvalue weighted by Crippen LogP contribution is -2.45. The Morgan fingerprint density at radius 2 is 2.04 bits per heavy atom. The second kappa shape index (κ2) is 7.76. The third kappa shape index (κ3) is 4.03. The van der Waals surface area contributed by atoms with Crippen LogP contribution in [0.25, 0.3) is 0 Å². The number of rotatable bonds is 6. The quantitative estimate of drug-likeness (QED) is 0.802. The van der Waals surface area contributed by atoms with Gasteiger partial charge in [0.15, 0.2) is 18.1 Å². The topological polar surface area (TPSA) is 56.8 Å². The van der Waals surface area contributed by atoms with Gasteiger partial charge in [-0.05, 0) is 44.2 Å². The molecule has 1 amide bonds. The third-order valence-corrected chi connectivity index (χ3v) is 6.65. The number of thiophene rings is 1. The largest absolute Gasteiger partial charge is 0.483 e. The number of hydrogen-bond acceptors (Lipinski definition) is 5. The fraction of sp³-hybridized carbons (Fsp3) is 0.500. The molecule has 1 fully saturated rings. The highest BCUT2D eigenvalue weighted by atomic mass is 32.1. The molecule has 28 heavy (non-hydrogen) atoms. The summed E-state index contributed by atoms with van der Waals surface area (Å²) in [5.41, 5.74) is 0.852. The van der Waals surface area contributed by atoms with Crippen LogP contribution < -0.4 is 14.8 Å². The molecule has 0 aliphatic carbocycles. The first-order valence-electron chi connectivity index (χ1n) is 9.80.